The van der Waals surface area contributed by atoms with Crippen LogP contribution in [0.5, 0.6) is 0 Å². The van der Waals surface area contributed by atoms with Gasteiger partial charge in [-0.1, -0.05) is 86.0 Å². The number of nitrogens with zero attached hydrogens (tertiary/aromatic N) is 4. The SMILES string of the molecule is CCN[C@@](C)(CO[C@H]1[C@H](n2nnc(N)n2)C[C@@]23COC[C@@]1(C)[C@@H]2CC[C@H]1C3=CC[C@@]2(C)[C@H](C(=O)O)[C@@](C)([C@H](C)C(C)C)CC[C@]12C)C(C)C. The summed E-state index contributed by atoms with van der Waals surface area (Å²) in [6, 6.07) is -0.165. The molecule has 1 saturated heterocycles. The predicted octanol–water partition coefficient (Wildman–Crippen LogP) is 6.79. The molecular formula is C39H66N6O4. The van der Waals surface area contributed by atoms with E-state index in [0.717, 1.165) is 45.1 Å². The molecule has 5 aliphatic rings. The average molecular weight is 683 g/mol. The predicted molar refractivity (Wildman–Crippen MR) is 191 cm³/mol. The molecule has 49 heavy (non-hydrogen) atoms. The van der Waals surface area contributed by atoms with Gasteiger partial charge < -0.3 is 25.6 Å². The Bertz CT molecular complexity index is 1450. The number of nitrogens with two attached hydrogens (primary N) is 1. The van der Waals surface area contributed by atoms with Gasteiger partial charge in [0, 0.05) is 16.4 Å². The monoisotopic (exact) mass is 683 g/mol. The van der Waals surface area contributed by atoms with Crippen LogP contribution in [-0.4, -0.2) is 69.3 Å². The number of hydrogen-bond donors (Lipinski definition) is 3. The third-order valence-electron chi connectivity index (χ3n) is 16.2. The second-order valence-corrected chi connectivity index (χ2v) is 18.9. The standard InChI is InChI=1S/C39H66N6O4/c1-12-41-38(11,24(4)5)21-49-31-28(45-43-33(40)42-44-45)19-39-22-48-20-35(31,8)29(39)14-13-26-27(39)15-16-37(10)30(32(46)47)34(7,25(6)23(2)3)17-18-36(26,37)9/h15,23-26,28-31,41H,12-14,16-22H2,1-11H3,(H2,40,43)(H,46,47)/t25-,26+,28-,29+,30-,31+,34-,35+,36-,37+,38+,39+/m1/s1. The van der Waals surface area contributed by atoms with Crippen molar-refractivity contribution in [3.63, 3.8) is 0 Å². The van der Waals surface area contributed by atoms with Crippen molar-refractivity contribution >= 4 is 11.9 Å². The molecule has 0 spiro atoms. The third-order valence-corrected chi connectivity index (χ3v) is 16.2. The lowest BCUT2D eigenvalue weighted by atomic mass is 9.34. The Labute approximate surface area is 295 Å². The number of tetrazole rings is 1. The molecule has 1 aliphatic heterocycles. The third kappa shape index (κ3) is 5.18. The highest BCUT2D eigenvalue weighted by Crippen LogP contribution is 2.75. The van der Waals surface area contributed by atoms with Crippen LogP contribution >= 0.6 is 0 Å². The quantitative estimate of drug-likeness (QED) is 0.228. The smallest absolute Gasteiger partial charge is 0.307 e. The van der Waals surface area contributed by atoms with Crippen LogP contribution in [-0.2, 0) is 14.3 Å². The highest BCUT2D eigenvalue weighted by molar-refractivity contribution is 5.73. The maximum atomic E-state index is 13.5. The number of anilines is 1. The molecule has 0 radical (unpaired) electrons. The zero-order valence-electron chi connectivity index (χ0n) is 32.3. The zero-order chi connectivity index (χ0) is 35.9. The number of aliphatic carboxylic acids is 1. The summed E-state index contributed by atoms with van der Waals surface area (Å²) in [6.45, 7) is 27.8. The number of carboxylic acids is 1. The molecule has 276 valence electrons. The molecule has 4 N–H and O–H groups in total. The van der Waals surface area contributed by atoms with Crippen molar-refractivity contribution in [1.82, 2.24) is 25.5 Å². The van der Waals surface area contributed by atoms with E-state index in [0.29, 0.717) is 49.4 Å². The van der Waals surface area contributed by atoms with Crippen molar-refractivity contribution in [2.75, 3.05) is 32.1 Å². The fourth-order valence-electron chi connectivity index (χ4n) is 12.6. The number of carbonyl (C=O) groups is 1. The summed E-state index contributed by atoms with van der Waals surface area (Å²) in [4.78, 5) is 15.2. The van der Waals surface area contributed by atoms with Crippen LogP contribution in [0.3, 0.4) is 0 Å². The Morgan fingerprint density at radius 1 is 1.14 bits per heavy atom. The molecular weight excluding hydrogens is 616 g/mol. The van der Waals surface area contributed by atoms with Gasteiger partial charge in [0.15, 0.2) is 0 Å². The summed E-state index contributed by atoms with van der Waals surface area (Å²) < 4.78 is 13.9. The van der Waals surface area contributed by atoms with Gasteiger partial charge in [-0.05, 0) is 103 Å². The number of fused-ring (bicyclic) bond motifs is 3. The van der Waals surface area contributed by atoms with E-state index in [9.17, 15) is 9.90 Å². The molecule has 2 heterocycles. The molecule has 1 aromatic heterocycles. The van der Waals surface area contributed by atoms with Crippen molar-refractivity contribution in [1.29, 1.82) is 0 Å². The minimum absolute atomic E-state index is 0.145. The summed E-state index contributed by atoms with van der Waals surface area (Å²) in [5.74, 6) is 0.892. The molecule has 1 aromatic rings. The van der Waals surface area contributed by atoms with E-state index < -0.39 is 11.9 Å². The number of nitrogens with one attached hydrogen (secondary N) is 1. The second-order valence-electron chi connectivity index (χ2n) is 18.9. The van der Waals surface area contributed by atoms with E-state index in [1.54, 1.807) is 4.80 Å². The lowest BCUT2D eigenvalue weighted by Gasteiger charge is -2.71. The number of ether oxygens (including phenoxy) is 2. The van der Waals surface area contributed by atoms with E-state index in [2.05, 4.69) is 103 Å². The molecule has 10 nitrogen and oxygen atoms in total. The summed E-state index contributed by atoms with van der Waals surface area (Å²) >= 11 is 0. The normalized spacial score (nSPS) is 43.6. The highest BCUT2D eigenvalue weighted by Gasteiger charge is 2.72. The van der Waals surface area contributed by atoms with Crippen molar-refractivity contribution in [2.45, 2.75) is 132 Å². The Kier molecular flexibility index (Phi) is 9.21. The summed E-state index contributed by atoms with van der Waals surface area (Å²) in [7, 11) is 0. The second kappa shape index (κ2) is 12.3. The van der Waals surface area contributed by atoms with Gasteiger partial charge in [-0.3, -0.25) is 4.79 Å². The molecule has 2 bridgehead atoms. The molecule has 0 amide bonds. The Morgan fingerprint density at radius 3 is 2.45 bits per heavy atom. The number of nitrogen functional groups attached to an aromatic ring is 1. The van der Waals surface area contributed by atoms with Gasteiger partial charge in [0.2, 0.25) is 0 Å². The number of carboxylic acid groups (broad SMARTS) is 1. The number of allylic oxidation sites excluding steroid dienone is 1. The largest absolute Gasteiger partial charge is 0.481 e. The topological polar surface area (TPSA) is 137 Å². The molecule has 4 aliphatic carbocycles. The van der Waals surface area contributed by atoms with E-state index in [4.69, 9.17) is 15.2 Å². The van der Waals surface area contributed by atoms with Crippen LogP contribution in [0.4, 0.5) is 5.95 Å². The fourth-order valence-corrected chi connectivity index (χ4v) is 12.6. The molecule has 10 heteroatoms. The molecule has 12 atom stereocenters. The maximum Gasteiger partial charge on any atom is 0.307 e. The Balaban J connectivity index is 1.43. The summed E-state index contributed by atoms with van der Waals surface area (Å²) in [6.07, 6.45) is 7.97. The van der Waals surface area contributed by atoms with Gasteiger partial charge in [-0.25, -0.2) is 0 Å². The van der Waals surface area contributed by atoms with E-state index in [-0.39, 0.29) is 50.7 Å². The van der Waals surface area contributed by atoms with Gasteiger partial charge in [0.05, 0.1) is 31.8 Å². The Morgan fingerprint density at radius 2 is 1.86 bits per heavy atom. The van der Waals surface area contributed by atoms with Gasteiger partial charge >= 0.3 is 5.97 Å². The number of likely N-dealkylation sites (N-methyl/N-ethyl adjacent to an activating group) is 1. The first-order valence-corrected chi connectivity index (χ1v) is 19.3. The van der Waals surface area contributed by atoms with Crippen LogP contribution in [0.2, 0.25) is 0 Å². The minimum atomic E-state index is -0.626. The number of rotatable bonds is 10. The maximum absolute atomic E-state index is 13.5. The molecule has 0 aromatic carbocycles. The first kappa shape index (κ1) is 36.7. The van der Waals surface area contributed by atoms with Crippen molar-refractivity contribution in [3.8, 4) is 0 Å². The summed E-state index contributed by atoms with van der Waals surface area (Å²) in [5, 5.41) is 28.0. The molecule has 3 saturated carbocycles. The van der Waals surface area contributed by atoms with Gasteiger partial charge in [0.1, 0.15) is 6.04 Å². The minimum Gasteiger partial charge on any atom is -0.481 e. The fraction of sp³-hybridized carbons (Fsp3) is 0.897. The van der Waals surface area contributed by atoms with E-state index in [1.807, 2.05) is 0 Å². The van der Waals surface area contributed by atoms with Gasteiger partial charge in [-0.2, -0.15) is 4.80 Å². The number of aromatic nitrogens is 4. The van der Waals surface area contributed by atoms with Crippen LogP contribution in [0.1, 0.15) is 121 Å². The van der Waals surface area contributed by atoms with E-state index >= 15 is 0 Å². The average Bonchev–Trinajstić information content (AvgIpc) is 3.46. The van der Waals surface area contributed by atoms with Gasteiger partial charge in [-0.15, -0.1) is 5.10 Å². The van der Waals surface area contributed by atoms with Crippen molar-refractivity contribution in [2.24, 2.45) is 62.6 Å². The zero-order valence-corrected chi connectivity index (χ0v) is 32.3. The van der Waals surface area contributed by atoms with Gasteiger partial charge in [0.25, 0.3) is 5.95 Å². The van der Waals surface area contributed by atoms with Crippen LogP contribution in [0.25, 0.3) is 0 Å². The Hall–Kier alpha value is -2.04. The lowest BCUT2D eigenvalue weighted by Crippen LogP contribution is -2.69. The lowest BCUT2D eigenvalue weighted by molar-refractivity contribution is -0.254. The molecule has 6 rings (SSSR count). The number of hydrogen-bond acceptors (Lipinski definition) is 8. The highest BCUT2D eigenvalue weighted by atomic mass is 16.5. The van der Waals surface area contributed by atoms with Crippen LogP contribution in [0.15, 0.2) is 11.6 Å². The summed E-state index contributed by atoms with van der Waals surface area (Å²) in [5.41, 5.74) is 6.12. The first-order valence-electron chi connectivity index (χ1n) is 19.3. The van der Waals surface area contributed by atoms with E-state index in [1.165, 1.54) is 5.57 Å². The van der Waals surface area contributed by atoms with Crippen LogP contribution in [0, 0.1) is 62.6 Å². The van der Waals surface area contributed by atoms with Crippen LogP contribution < -0.4 is 11.1 Å². The molecule has 0 unspecified atom stereocenters. The first-order chi connectivity index (χ1) is 22.8. The van der Waals surface area contributed by atoms with Crippen molar-refractivity contribution < 1.29 is 19.4 Å². The van der Waals surface area contributed by atoms with Crippen molar-refractivity contribution in [3.05, 3.63) is 11.6 Å². The molecule has 4 fully saturated rings.